The topological polar surface area (TPSA) is 101 Å². The largest absolute Gasteiger partial charge is 0.438 e. The summed E-state index contributed by atoms with van der Waals surface area (Å²) in [4.78, 5) is 29.2. The van der Waals surface area contributed by atoms with Crippen LogP contribution >= 0.6 is 11.6 Å². The smallest absolute Gasteiger partial charge is 0.292 e. The van der Waals surface area contributed by atoms with E-state index in [-0.39, 0.29) is 28.6 Å². The minimum atomic E-state index is -2.99. The quantitative estimate of drug-likeness (QED) is 0.518. The molecule has 5 rings (SSSR count). The van der Waals surface area contributed by atoms with Crippen molar-refractivity contribution >= 4 is 28.6 Å². The number of imidazole rings is 1. The molecule has 0 bridgehead atoms. The fourth-order valence-electron chi connectivity index (χ4n) is 3.54. The van der Waals surface area contributed by atoms with Crippen molar-refractivity contribution in [2.45, 2.75) is 18.9 Å². The van der Waals surface area contributed by atoms with Gasteiger partial charge in [0.05, 0.1) is 12.0 Å². The zero-order valence-electron chi connectivity index (χ0n) is 14.9. The van der Waals surface area contributed by atoms with Gasteiger partial charge in [-0.2, -0.15) is 0 Å². The Kier molecular flexibility index (Phi) is 4.28. The first-order chi connectivity index (χ1) is 14.4. The molecule has 1 aliphatic rings. The molecule has 4 aromatic rings. The number of hydrogen-bond donors (Lipinski definition) is 1. The van der Waals surface area contributed by atoms with E-state index in [0.717, 1.165) is 18.2 Å². The lowest BCUT2D eigenvalue weighted by molar-refractivity contribution is 0.0620. The number of fused-ring (bicyclic) bond motifs is 2. The minimum Gasteiger partial charge on any atom is -0.438 e. The van der Waals surface area contributed by atoms with Crippen LogP contribution in [0.5, 0.6) is 0 Å². The summed E-state index contributed by atoms with van der Waals surface area (Å²) >= 11 is 5.88. The van der Waals surface area contributed by atoms with Crippen molar-refractivity contribution in [3.05, 3.63) is 64.4 Å². The fourth-order valence-corrected chi connectivity index (χ4v) is 3.74. The second-order valence-corrected chi connectivity index (χ2v) is 7.01. The van der Waals surface area contributed by atoms with Crippen molar-refractivity contribution in [2.75, 3.05) is 6.54 Å². The number of hydrogen-bond acceptors (Lipinski definition) is 6. The molecule has 0 radical (unpaired) electrons. The standard InChI is InChI=1S/C18H11ClF3N5O3/c19-7-3-8(20)14-10(4-7)26-17(30-14)13-11-9(23-5-24-11)1-2-27(13)18(28)15-12(16(21)22)25-6-29-15/h3-6,13,16H,1-2H2,(H,23,24)/t13-/m0/s1. The molecule has 1 N–H and O–H groups in total. The molecule has 0 saturated carbocycles. The fraction of sp³-hybridized carbons (Fsp3) is 0.222. The molecule has 3 aromatic heterocycles. The van der Waals surface area contributed by atoms with Gasteiger partial charge in [-0.05, 0) is 12.1 Å². The predicted molar refractivity (Wildman–Crippen MR) is 95.6 cm³/mol. The summed E-state index contributed by atoms with van der Waals surface area (Å²) in [5, 5.41) is 0.125. The van der Waals surface area contributed by atoms with Crippen LogP contribution in [0.4, 0.5) is 13.2 Å². The highest BCUT2D eigenvalue weighted by Crippen LogP contribution is 2.37. The summed E-state index contributed by atoms with van der Waals surface area (Å²) in [5.74, 6) is -2.17. The summed E-state index contributed by atoms with van der Waals surface area (Å²) in [6.45, 7) is 0.129. The van der Waals surface area contributed by atoms with Crippen LogP contribution in [0.1, 0.15) is 46.0 Å². The van der Waals surface area contributed by atoms with Crippen LogP contribution in [0, 0.1) is 5.82 Å². The zero-order chi connectivity index (χ0) is 21.0. The van der Waals surface area contributed by atoms with Gasteiger partial charge in [0.25, 0.3) is 12.3 Å². The van der Waals surface area contributed by atoms with Crippen LogP contribution in [0.2, 0.25) is 5.02 Å². The summed E-state index contributed by atoms with van der Waals surface area (Å²) in [6.07, 6.45) is -0.391. The molecule has 0 spiro atoms. The lowest BCUT2D eigenvalue weighted by atomic mass is 10.0. The average molecular weight is 438 g/mol. The third-order valence-corrected chi connectivity index (χ3v) is 5.06. The number of amides is 1. The van der Waals surface area contributed by atoms with Gasteiger partial charge < -0.3 is 18.7 Å². The SMILES string of the molecule is O=C(c1ocnc1C(F)F)N1CCc2[nH]cnc2[C@H]1c1nc2cc(Cl)cc(F)c2o1. The Hall–Kier alpha value is -3.34. The van der Waals surface area contributed by atoms with Crippen molar-refractivity contribution in [3.63, 3.8) is 0 Å². The van der Waals surface area contributed by atoms with Gasteiger partial charge in [0.1, 0.15) is 5.52 Å². The highest BCUT2D eigenvalue weighted by atomic mass is 35.5. The maximum atomic E-state index is 14.3. The van der Waals surface area contributed by atoms with E-state index in [4.69, 9.17) is 20.4 Å². The number of nitrogens with one attached hydrogen (secondary N) is 1. The molecule has 4 heterocycles. The number of benzene rings is 1. The van der Waals surface area contributed by atoms with E-state index < -0.39 is 35.6 Å². The number of oxazole rings is 2. The van der Waals surface area contributed by atoms with Crippen LogP contribution in [0.25, 0.3) is 11.1 Å². The van der Waals surface area contributed by atoms with Crippen molar-refractivity contribution in [3.8, 4) is 0 Å². The van der Waals surface area contributed by atoms with E-state index in [2.05, 4.69) is 19.9 Å². The number of H-pyrrole nitrogens is 1. The number of nitrogens with zero attached hydrogens (tertiary/aromatic N) is 4. The van der Waals surface area contributed by atoms with Crippen LogP contribution in [-0.4, -0.2) is 37.3 Å². The number of carbonyl (C=O) groups is 1. The highest BCUT2D eigenvalue weighted by Gasteiger charge is 2.40. The first-order valence-electron chi connectivity index (χ1n) is 8.74. The van der Waals surface area contributed by atoms with Crippen molar-refractivity contribution in [1.29, 1.82) is 0 Å². The average Bonchev–Trinajstić information content (AvgIpc) is 3.44. The van der Waals surface area contributed by atoms with Gasteiger partial charge in [0.15, 0.2) is 29.5 Å². The summed E-state index contributed by atoms with van der Waals surface area (Å²) in [7, 11) is 0. The molecular formula is C18H11ClF3N5O3. The first-order valence-corrected chi connectivity index (χ1v) is 9.12. The zero-order valence-corrected chi connectivity index (χ0v) is 15.7. The van der Waals surface area contributed by atoms with E-state index in [1.54, 1.807) is 0 Å². The van der Waals surface area contributed by atoms with Crippen molar-refractivity contribution < 1.29 is 26.8 Å². The molecule has 1 amide bonds. The molecule has 154 valence electrons. The predicted octanol–water partition coefficient (Wildman–Crippen LogP) is 4.06. The van der Waals surface area contributed by atoms with E-state index in [1.807, 2.05) is 0 Å². The minimum absolute atomic E-state index is 0.0364. The third kappa shape index (κ3) is 2.84. The molecule has 8 nitrogen and oxygen atoms in total. The van der Waals surface area contributed by atoms with E-state index in [9.17, 15) is 18.0 Å². The first kappa shape index (κ1) is 18.7. The van der Waals surface area contributed by atoms with Crippen molar-refractivity contribution in [1.82, 2.24) is 24.8 Å². The number of carbonyl (C=O) groups excluding carboxylic acids is 1. The Morgan fingerprint density at radius 2 is 2.17 bits per heavy atom. The van der Waals surface area contributed by atoms with E-state index in [0.29, 0.717) is 12.1 Å². The summed E-state index contributed by atoms with van der Waals surface area (Å²) < 4.78 is 51.3. The van der Waals surface area contributed by atoms with E-state index in [1.165, 1.54) is 17.3 Å². The number of aromatic amines is 1. The monoisotopic (exact) mass is 437 g/mol. The van der Waals surface area contributed by atoms with Gasteiger partial charge in [-0.25, -0.2) is 28.1 Å². The van der Waals surface area contributed by atoms with Crippen LogP contribution < -0.4 is 0 Å². The van der Waals surface area contributed by atoms with Crippen LogP contribution in [0.3, 0.4) is 0 Å². The molecule has 1 aliphatic heterocycles. The molecule has 0 unspecified atom stereocenters. The Balaban J connectivity index is 1.64. The number of aromatic nitrogens is 4. The van der Waals surface area contributed by atoms with Crippen LogP contribution in [-0.2, 0) is 6.42 Å². The summed E-state index contributed by atoms with van der Waals surface area (Å²) in [5.41, 5.74) is 0.375. The highest BCUT2D eigenvalue weighted by molar-refractivity contribution is 6.31. The Morgan fingerprint density at radius 1 is 1.33 bits per heavy atom. The molecule has 12 heteroatoms. The normalized spacial score (nSPS) is 16.4. The van der Waals surface area contributed by atoms with Gasteiger partial charge in [-0.1, -0.05) is 11.6 Å². The van der Waals surface area contributed by atoms with Gasteiger partial charge >= 0.3 is 0 Å². The number of alkyl halides is 2. The second kappa shape index (κ2) is 6.87. The van der Waals surface area contributed by atoms with Crippen LogP contribution in [0.15, 0.2) is 33.7 Å². The Labute approximate surface area is 170 Å². The molecule has 0 aliphatic carbocycles. The second-order valence-electron chi connectivity index (χ2n) is 6.57. The lowest BCUT2D eigenvalue weighted by Gasteiger charge is -2.32. The molecule has 1 atom stereocenters. The lowest BCUT2D eigenvalue weighted by Crippen LogP contribution is -2.41. The number of halogens is 4. The van der Waals surface area contributed by atoms with Gasteiger partial charge in [-0.3, -0.25) is 4.79 Å². The maximum Gasteiger partial charge on any atom is 0.292 e. The van der Waals surface area contributed by atoms with Gasteiger partial charge in [-0.15, -0.1) is 0 Å². The molecular weight excluding hydrogens is 427 g/mol. The molecule has 0 saturated heterocycles. The van der Waals surface area contributed by atoms with E-state index >= 15 is 0 Å². The molecule has 30 heavy (non-hydrogen) atoms. The maximum absolute atomic E-state index is 14.3. The number of rotatable bonds is 3. The van der Waals surface area contributed by atoms with Gasteiger partial charge in [0, 0.05) is 23.7 Å². The van der Waals surface area contributed by atoms with Gasteiger partial charge in [0.2, 0.25) is 11.7 Å². The molecule has 1 aromatic carbocycles. The third-order valence-electron chi connectivity index (χ3n) is 4.84. The summed E-state index contributed by atoms with van der Waals surface area (Å²) in [6, 6.07) is 1.50. The Bertz CT molecular complexity index is 1270. The Morgan fingerprint density at radius 3 is 2.97 bits per heavy atom. The van der Waals surface area contributed by atoms with Crippen molar-refractivity contribution in [2.24, 2.45) is 0 Å². The molecule has 0 fully saturated rings.